The number of piperidine rings is 3. The van der Waals surface area contributed by atoms with Crippen LogP contribution in [0.3, 0.4) is 0 Å². The maximum atomic E-state index is 6.12. The Kier molecular flexibility index (Phi) is 2.69. The molecule has 4 bridgehead atoms. The van der Waals surface area contributed by atoms with E-state index < -0.39 is 0 Å². The molecule has 1 aliphatic carbocycles. The van der Waals surface area contributed by atoms with Crippen molar-refractivity contribution in [2.75, 3.05) is 13.1 Å². The van der Waals surface area contributed by atoms with Gasteiger partial charge in [-0.1, -0.05) is 18.2 Å². The fourth-order valence-corrected chi connectivity index (χ4v) is 6.63. The van der Waals surface area contributed by atoms with Crippen molar-refractivity contribution in [3.8, 4) is 0 Å². The Morgan fingerprint density at radius 2 is 1.76 bits per heavy atom. The third-order valence-corrected chi connectivity index (χ3v) is 7.57. The van der Waals surface area contributed by atoms with Crippen LogP contribution in [0, 0.1) is 18.8 Å². The first-order chi connectivity index (χ1) is 12.1. The normalized spacial score (nSPS) is 36.6. The number of para-hydroxylation sites is 1. The minimum atomic E-state index is 0.348. The summed E-state index contributed by atoms with van der Waals surface area (Å²) >= 11 is 0. The summed E-state index contributed by atoms with van der Waals surface area (Å²) in [5.74, 6) is 1.81. The monoisotopic (exact) mass is 331 g/mol. The predicted octanol–water partition coefficient (Wildman–Crippen LogP) is 5.27. The molecule has 4 aliphatic rings. The Balaban J connectivity index is 1.61. The van der Waals surface area contributed by atoms with E-state index in [1.165, 1.54) is 48.7 Å². The molecule has 2 aromatic carbocycles. The average Bonchev–Trinajstić information content (AvgIpc) is 2.95. The van der Waals surface area contributed by atoms with Crippen LogP contribution in [-0.2, 0) is 5.41 Å². The van der Waals surface area contributed by atoms with Crippen molar-refractivity contribution in [1.82, 2.24) is 4.90 Å². The lowest BCUT2D eigenvalue weighted by atomic mass is 9.53. The standard InChI is InChI=1S/C23H25NO/c1-14-7-22-19(18-5-3-4-6-21(18)25-22)9-20(14)23-10-16-8-17(11-23)13-24(12-16)15(23)2/h3-7,9,15-17H,8,10-13H2,1-2H3/t15-,16?,17?,23?/m1/s1. The number of hydrogen-bond acceptors (Lipinski definition) is 2. The number of nitrogens with zero attached hydrogens (tertiary/aromatic N) is 1. The lowest BCUT2D eigenvalue weighted by Gasteiger charge is -2.62. The largest absolute Gasteiger partial charge is 0.456 e. The zero-order valence-electron chi connectivity index (χ0n) is 15.1. The third-order valence-electron chi connectivity index (χ3n) is 7.57. The lowest BCUT2D eigenvalue weighted by molar-refractivity contribution is -0.0788. The fraction of sp³-hybridized carbons (Fsp3) is 0.478. The summed E-state index contributed by atoms with van der Waals surface area (Å²) in [5, 5.41) is 2.56. The summed E-state index contributed by atoms with van der Waals surface area (Å²) in [7, 11) is 0. The summed E-state index contributed by atoms with van der Waals surface area (Å²) in [5.41, 5.74) is 5.41. The molecule has 1 aromatic heterocycles. The molecule has 0 spiro atoms. The Morgan fingerprint density at radius 3 is 2.56 bits per heavy atom. The number of aryl methyl sites for hydroxylation is 1. The Bertz CT molecular complexity index is 986. The van der Waals surface area contributed by atoms with E-state index in [0.29, 0.717) is 11.5 Å². The first kappa shape index (κ1) is 14.4. The lowest BCUT2D eigenvalue weighted by Crippen LogP contribution is -2.65. The molecule has 4 heterocycles. The molecule has 25 heavy (non-hydrogen) atoms. The van der Waals surface area contributed by atoms with E-state index >= 15 is 0 Å². The molecular formula is C23H25NO. The van der Waals surface area contributed by atoms with Crippen molar-refractivity contribution in [3.63, 3.8) is 0 Å². The van der Waals surface area contributed by atoms with Gasteiger partial charge in [-0.05, 0) is 74.3 Å². The zero-order chi connectivity index (χ0) is 16.8. The summed E-state index contributed by atoms with van der Waals surface area (Å²) in [6.07, 6.45) is 4.22. The predicted molar refractivity (Wildman–Crippen MR) is 102 cm³/mol. The highest BCUT2D eigenvalue weighted by Gasteiger charge is 2.55. The maximum Gasteiger partial charge on any atom is 0.135 e. The highest BCUT2D eigenvalue weighted by Crippen LogP contribution is 2.56. The number of furan rings is 1. The second-order valence-corrected chi connectivity index (χ2v) is 8.92. The van der Waals surface area contributed by atoms with Gasteiger partial charge >= 0.3 is 0 Å². The molecule has 0 amide bonds. The topological polar surface area (TPSA) is 16.4 Å². The molecule has 0 N–H and O–H groups in total. The second-order valence-electron chi connectivity index (χ2n) is 8.92. The van der Waals surface area contributed by atoms with Crippen molar-refractivity contribution in [2.24, 2.45) is 11.8 Å². The molecular weight excluding hydrogens is 306 g/mol. The number of benzene rings is 2. The van der Waals surface area contributed by atoms with Crippen LogP contribution in [0.4, 0.5) is 0 Å². The van der Waals surface area contributed by atoms with Crippen molar-refractivity contribution < 1.29 is 4.42 Å². The Morgan fingerprint density at radius 1 is 1.00 bits per heavy atom. The van der Waals surface area contributed by atoms with Crippen LogP contribution in [0.1, 0.15) is 37.3 Å². The summed E-state index contributed by atoms with van der Waals surface area (Å²) in [4.78, 5) is 2.78. The van der Waals surface area contributed by atoms with Gasteiger partial charge < -0.3 is 4.42 Å². The van der Waals surface area contributed by atoms with E-state index in [-0.39, 0.29) is 0 Å². The van der Waals surface area contributed by atoms with Gasteiger partial charge in [0.2, 0.25) is 0 Å². The smallest absolute Gasteiger partial charge is 0.135 e. The minimum Gasteiger partial charge on any atom is -0.456 e. The van der Waals surface area contributed by atoms with Crippen LogP contribution in [-0.4, -0.2) is 24.0 Å². The van der Waals surface area contributed by atoms with Gasteiger partial charge in [0.15, 0.2) is 0 Å². The second kappa shape index (κ2) is 4.67. The quantitative estimate of drug-likeness (QED) is 0.604. The maximum absolute atomic E-state index is 6.12. The Hall–Kier alpha value is -1.80. The molecule has 2 nitrogen and oxygen atoms in total. The van der Waals surface area contributed by atoms with Crippen molar-refractivity contribution in [2.45, 2.75) is 44.6 Å². The summed E-state index contributed by atoms with van der Waals surface area (Å²) < 4.78 is 6.12. The van der Waals surface area contributed by atoms with Gasteiger partial charge in [-0.25, -0.2) is 0 Å². The number of hydrogen-bond donors (Lipinski definition) is 0. The van der Waals surface area contributed by atoms with Crippen LogP contribution in [0.15, 0.2) is 40.8 Å². The third kappa shape index (κ3) is 1.79. The van der Waals surface area contributed by atoms with Crippen LogP contribution >= 0.6 is 0 Å². The average molecular weight is 331 g/mol. The molecule has 3 aliphatic heterocycles. The van der Waals surface area contributed by atoms with E-state index in [2.05, 4.69) is 55.1 Å². The van der Waals surface area contributed by atoms with Crippen molar-refractivity contribution in [3.05, 3.63) is 47.5 Å². The molecule has 3 aromatic rings. The molecule has 0 radical (unpaired) electrons. The molecule has 2 heteroatoms. The van der Waals surface area contributed by atoms with Gasteiger partial charge in [-0.2, -0.15) is 0 Å². The highest BCUT2D eigenvalue weighted by atomic mass is 16.3. The van der Waals surface area contributed by atoms with Gasteiger partial charge in [-0.3, -0.25) is 4.90 Å². The van der Waals surface area contributed by atoms with Crippen LogP contribution in [0.25, 0.3) is 21.9 Å². The van der Waals surface area contributed by atoms with Gasteiger partial charge in [-0.15, -0.1) is 0 Å². The Labute approximate surface area is 148 Å². The first-order valence-electron chi connectivity index (χ1n) is 9.80. The summed E-state index contributed by atoms with van der Waals surface area (Å²) in [6, 6.07) is 13.9. The van der Waals surface area contributed by atoms with Gasteiger partial charge in [0, 0.05) is 35.3 Å². The van der Waals surface area contributed by atoms with E-state index in [4.69, 9.17) is 4.42 Å². The van der Waals surface area contributed by atoms with E-state index in [9.17, 15) is 0 Å². The molecule has 4 fully saturated rings. The van der Waals surface area contributed by atoms with Crippen molar-refractivity contribution >= 4 is 21.9 Å². The number of fused-ring (bicyclic) bond motifs is 3. The van der Waals surface area contributed by atoms with Crippen molar-refractivity contribution in [1.29, 1.82) is 0 Å². The minimum absolute atomic E-state index is 0.348. The molecule has 2 unspecified atom stereocenters. The van der Waals surface area contributed by atoms with Gasteiger partial charge in [0.1, 0.15) is 11.2 Å². The van der Waals surface area contributed by atoms with Crippen LogP contribution in [0.5, 0.6) is 0 Å². The van der Waals surface area contributed by atoms with E-state index in [1.54, 1.807) is 5.56 Å². The van der Waals surface area contributed by atoms with Gasteiger partial charge in [0.05, 0.1) is 0 Å². The van der Waals surface area contributed by atoms with Crippen LogP contribution < -0.4 is 0 Å². The van der Waals surface area contributed by atoms with Crippen LogP contribution in [0.2, 0.25) is 0 Å². The van der Waals surface area contributed by atoms with E-state index in [1.807, 2.05) is 0 Å². The highest BCUT2D eigenvalue weighted by molar-refractivity contribution is 6.05. The summed E-state index contributed by atoms with van der Waals surface area (Å²) in [6.45, 7) is 7.43. The molecule has 3 atom stereocenters. The number of rotatable bonds is 1. The molecule has 1 saturated carbocycles. The van der Waals surface area contributed by atoms with Gasteiger partial charge in [0.25, 0.3) is 0 Å². The molecule has 3 saturated heterocycles. The first-order valence-corrected chi connectivity index (χ1v) is 9.80. The zero-order valence-corrected chi connectivity index (χ0v) is 15.1. The fourth-order valence-electron chi connectivity index (χ4n) is 6.63. The SMILES string of the molecule is Cc1cc2oc3ccccc3c2cc1C12CC3CC(CN(C3)[C@@H]1C)C2. The molecule has 7 rings (SSSR count). The molecule has 128 valence electrons. The van der Waals surface area contributed by atoms with E-state index in [0.717, 1.165) is 23.0 Å².